The number of hydrogen-bond acceptors (Lipinski definition) is 7. The number of allylic oxidation sites excluding steroid dienone is 1. The maximum absolute atomic E-state index is 13.3. The number of ether oxygens (including phenoxy) is 2. The van der Waals surface area contributed by atoms with Gasteiger partial charge in [0.15, 0.2) is 0 Å². The van der Waals surface area contributed by atoms with Gasteiger partial charge >= 0.3 is 11.9 Å². The van der Waals surface area contributed by atoms with E-state index < -0.39 is 35.5 Å². The van der Waals surface area contributed by atoms with Gasteiger partial charge in [-0.3, -0.25) is 14.5 Å². The van der Waals surface area contributed by atoms with Crippen LogP contribution in [-0.2, 0) is 23.9 Å². The van der Waals surface area contributed by atoms with Crippen molar-refractivity contribution in [2.45, 2.75) is 27.2 Å². The molecular formula is C25H25FN2O6. The van der Waals surface area contributed by atoms with E-state index in [1.165, 1.54) is 48.5 Å². The summed E-state index contributed by atoms with van der Waals surface area (Å²) in [6.45, 7) is 5.22. The molecule has 1 unspecified atom stereocenters. The predicted octanol–water partition coefficient (Wildman–Crippen LogP) is 3.83. The summed E-state index contributed by atoms with van der Waals surface area (Å²) in [5.41, 5.74) is 1.40. The van der Waals surface area contributed by atoms with E-state index in [1.807, 2.05) is 0 Å². The van der Waals surface area contributed by atoms with Crippen molar-refractivity contribution in [3.05, 3.63) is 71.2 Å². The number of nitrogens with zero attached hydrogens (tertiary/aromatic N) is 1. The normalized spacial score (nSPS) is 16.2. The average Bonchev–Trinajstić information content (AvgIpc) is 3.09. The molecule has 9 heteroatoms. The van der Waals surface area contributed by atoms with Gasteiger partial charge in [-0.05, 0) is 69.3 Å². The molecule has 1 fully saturated rings. The maximum Gasteiger partial charge on any atom is 0.338 e. The Balaban J connectivity index is 1.91. The summed E-state index contributed by atoms with van der Waals surface area (Å²) in [4.78, 5) is 51.7. The first-order chi connectivity index (χ1) is 16.3. The Morgan fingerprint density at radius 3 is 2.21 bits per heavy atom. The number of halogens is 1. The van der Waals surface area contributed by atoms with E-state index in [4.69, 9.17) is 9.47 Å². The van der Waals surface area contributed by atoms with Crippen LogP contribution in [0.2, 0.25) is 0 Å². The smallest absolute Gasteiger partial charge is 0.338 e. The summed E-state index contributed by atoms with van der Waals surface area (Å²) in [5, 5.41) is 2.99. The molecule has 1 heterocycles. The van der Waals surface area contributed by atoms with Crippen molar-refractivity contribution < 1.29 is 33.0 Å². The summed E-state index contributed by atoms with van der Waals surface area (Å²) in [7, 11) is 0. The number of nitrogens with one attached hydrogen (secondary N) is 1. The lowest BCUT2D eigenvalue weighted by Gasteiger charge is -2.19. The Kier molecular flexibility index (Phi) is 7.78. The standard InChI is InChI=1S/C25H25FN2O6/c1-4-33-24(31)16-6-12-19(13-7-16)28-21(29)14-20(23(28)30)22(25(32)34-5-2)15(3)27-18-10-8-17(26)9-11-18/h6-13,20,27H,4-5,14H2,1-3H3/b22-15-. The molecule has 8 nitrogen and oxygen atoms in total. The van der Waals surface area contributed by atoms with E-state index in [0.717, 1.165) is 4.90 Å². The minimum Gasteiger partial charge on any atom is -0.463 e. The van der Waals surface area contributed by atoms with Crippen molar-refractivity contribution in [2.75, 3.05) is 23.4 Å². The van der Waals surface area contributed by atoms with Crippen molar-refractivity contribution in [2.24, 2.45) is 5.92 Å². The largest absolute Gasteiger partial charge is 0.463 e. The van der Waals surface area contributed by atoms with Gasteiger partial charge in [0.25, 0.3) is 0 Å². The average molecular weight is 468 g/mol. The first-order valence-electron chi connectivity index (χ1n) is 10.8. The lowest BCUT2D eigenvalue weighted by Crippen LogP contribution is -2.32. The van der Waals surface area contributed by atoms with Gasteiger partial charge in [0, 0.05) is 17.8 Å². The van der Waals surface area contributed by atoms with Crippen LogP contribution < -0.4 is 10.2 Å². The fraction of sp³-hybridized carbons (Fsp3) is 0.280. The molecule has 0 aliphatic carbocycles. The third-order valence-corrected chi connectivity index (χ3v) is 5.21. The Morgan fingerprint density at radius 1 is 1.00 bits per heavy atom. The second-order valence-corrected chi connectivity index (χ2v) is 7.48. The fourth-order valence-electron chi connectivity index (χ4n) is 3.67. The number of carbonyl (C=O) groups is 4. The summed E-state index contributed by atoms with van der Waals surface area (Å²) in [6.07, 6.45) is -0.227. The SMILES string of the molecule is CCOC(=O)/C(=C(/C)Nc1ccc(F)cc1)C1CC(=O)N(c2ccc(C(=O)OCC)cc2)C1=O. The van der Waals surface area contributed by atoms with E-state index in [0.29, 0.717) is 11.4 Å². The third-order valence-electron chi connectivity index (χ3n) is 5.21. The van der Waals surface area contributed by atoms with Crippen molar-refractivity contribution >= 4 is 35.1 Å². The first-order valence-corrected chi connectivity index (χ1v) is 10.8. The second-order valence-electron chi connectivity index (χ2n) is 7.48. The summed E-state index contributed by atoms with van der Waals surface area (Å²) < 4.78 is 23.3. The van der Waals surface area contributed by atoms with Crippen LogP contribution in [0.5, 0.6) is 0 Å². The van der Waals surface area contributed by atoms with Gasteiger partial charge in [0.05, 0.1) is 36.0 Å². The zero-order chi connectivity index (χ0) is 24.8. The minimum absolute atomic E-state index is 0.0233. The number of carbonyl (C=O) groups excluding carboxylic acids is 4. The molecule has 2 aromatic carbocycles. The van der Waals surface area contributed by atoms with Gasteiger partial charge in [-0.2, -0.15) is 0 Å². The van der Waals surface area contributed by atoms with Gasteiger partial charge in [-0.15, -0.1) is 0 Å². The van der Waals surface area contributed by atoms with E-state index in [-0.39, 0.29) is 36.5 Å². The fourth-order valence-corrected chi connectivity index (χ4v) is 3.67. The van der Waals surface area contributed by atoms with E-state index >= 15 is 0 Å². The zero-order valence-electron chi connectivity index (χ0n) is 19.1. The molecule has 2 amide bonds. The molecular weight excluding hydrogens is 443 g/mol. The molecule has 178 valence electrons. The molecule has 0 bridgehead atoms. The number of benzene rings is 2. The van der Waals surface area contributed by atoms with Gasteiger partial charge in [0.2, 0.25) is 11.8 Å². The lowest BCUT2D eigenvalue weighted by atomic mass is 9.95. The molecule has 1 saturated heterocycles. The number of imide groups is 1. The number of hydrogen-bond donors (Lipinski definition) is 1. The Morgan fingerprint density at radius 2 is 1.62 bits per heavy atom. The van der Waals surface area contributed by atoms with Crippen LogP contribution in [0.1, 0.15) is 37.6 Å². The predicted molar refractivity (Wildman–Crippen MR) is 122 cm³/mol. The summed E-state index contributed by atoms with van der Waals surface area (Å²) >= 11 is 0. The molecule has 34 heavy (non-hydrogen) atoms. The summed E-state index contributed by atoms with van der Waals surface area (Å²) in [5.74, 6) is -3.79. The highest BCUT2D eigenvalue weighted by Crippen LogP contribution is 2.33. The highest BCUT2D eigenvalue weighted by atomic mass is 19.1. The molecule has 3 rings (SSSR count). The van der Waals surface area contributed by atoms with Gasteiger partial charge in [-0.25, -0.2) is 14.0 Å². The molecule has 0 aromatic heterocycles. The Bertz CT molecular complexity index is 1130. The minimum atomic E-state index is -1.07. The van der Waals surface area contributed by atoms with Crippen molar-refractivity contribution in [1.29, 1.82) is 0 Å². The van der Waals surface area contributed by atoms with Crippen molar-refractivity contribution in [3.8, 4) is 0 Å². The number of esters is 2. The highest BCUT2D eigenvalue weighted by molar-refractivity contribution is 6.23. The highest BCUT2D eigenvalue weighted by Gasteiger charge is 2.44. The number of anilines is 2. The van der Waals surface area contributed by atoms with Crippen LogP contribution in [-0.4, -0.2) is 37.0 Å². The van der Waals surface area contributed by atoms with E-state index in [2.05, 4.69) is 5.32 Å². The van der Waals surface area contributed by atoms with Crippen LogP contribution in [0, 0.1) is 11.7 Å². The van der Waals surface area contributed by atoms with Crippen LogP contribution in [0.25, 0.3) is 0 Å². The second kappa shape index (κ2) is 10.7. The van der Waals surface area contributed by atoms with Gasteiger partial charge in [0.1, 0.15) is 5.82 Å². The quantitative estimate of drug-likeness (QED) is 0.357. The molecule has 2 aromatic rings. The molecule has 1 aliphatic rings. The van der Waals surface area contributed by atoms with Crippen LogP contribution >= 0.6 is 0 Å². The van der Waals surface area contributed by atoms with E-state index in [1.54, 1.807) is 20.8 Å². The number of amides is 2. The van der Waals surface area contributed by atoms with Gasteiger partial charge < -0.3 is 14.8 Å². The van der Waals surface area contributed by atoms with Crippen molar-refractivity contribution in [3.63, 3.8) is 0 Å². The van der Waals surface area contributed by atoms with E-state index in [9.17, 15) is 23.6 Å². The van der Waals surface area contributed by atoms with Crippen LogP contribution in [0.3, 0.4) is 0 Å². The maximum atomic E-state index is 13.3. The number of rotatable bonds is 8. The van der Waals surface area contributed by atoms with Crippen LogP contribution in [0.4, 0.5) is 15.8 Å². The van der Waals surface area contributed by atoms with Crippen molar-refractivity contribution in [1.82, 2.24) is 0 Å². The Hall–Kier alpha value is -4.01. The monoisotopic (exact) mass is 468 g/mol. The molecule has 0 saturated carbocycles. The molecule has 0 spiro atoms. The van der Waals surface area contributed by atoms with Crippen LogP contribution in [0.15, 0.2) is 59.8 Å². The third kappa shape index (κ3) is 5.31. The molecule has 1 N–H and O–H groups in total. The summed E-state index contributed by atoms with van der Waals surface area (Å²) in [6, 6.07) is 11.4. The van der Waals surface area contributed by atoms with Gasteiger partial charge in [-0.1, -0.05) is 0 Å². The molecule has 1 aliphatic heterocycles. The first kappa shape index (κ1) is 24.6. The zero-order valence-corrected chi connectivity index (χ0v) is 19.1. The molecule has 0 radical (unpaired) electrons. The molecule has 1 atom stereocenters. The topological polar surface area (TPSA) is 102 Å². The lowest BCUT2D eigenvalue weighted by molar-refractivity contribution is -0.140. The Labute approximate surface area is 196 Å².